The lowest BCUT2D eigenvalue weighted by atomic mass is 9.93. The number of nitrogens with zero attached hydrogens (tertiary/aromatic N) is 1. The number of ether oxygens (including phenoxy) is 1. The summed E-state index contributed by atoms with van der Waals surface area (Å²) in [5, 5.41) is 19.9. The van der Waals surface area contributed by atoms with Crippen LogP contribution in [-0.4, -0.2) is 40.9 Å². The van der Waals surface area contributed by atoms with Crippen molar-refractivity contribution in [2.75, 3.05) is 13.7 Å². The zero-order valence-corrected chi connectivity index (χ0v) is 13.1. The van der Waals surface area contributed by atoms with Crippen LogP contribution in [0.2, 0.25) is 0 Å². The largest absolute Gasteiger partial charge is 0.507 e. The molecule has 118 valence electrons. The molecule has 0 radical (unpaired) electrons. The Morgan fingerprint density at radius 2 is 2.00 bits per heavy atom. The summed E-state index contributed by atoms with van der Waals surface area (Å²) in [6.07, 6.45) is 5.85. The smallest absolute Gasteiger partial charge is 0.123 e. The van der Waals surface area contributed by atoms with Crippen molar-refractivity contribution in [3.05, 3.63) is 23.8 Å². The number of aliphatic hydroxyl groups is 1. The van der Waals surface area contributed by atoms with E-state index < -0.39 is 0 Å². The molecule has 1 aromatic rings. The van der Waals surface area contributed by atoms with Gasteiger partial charge in [0.1, 0.15) is 11.5 Å². The molecule has 0 amide bonds. The molecule has 0 heterocycles. The molecule has 2 N–H and O–H groups in total. The Kier molecular flexibility index (Phi) is 5.88. The summed E-state index contributed by atoms with van der Waals surface area (Å²) in [6.45, 7) is 3.14. The van der Waals surface area contributed by atoms with Gasteiger partial charge in [0.25, 0.3) is 0 Å². The van der Waals surface area contributed by atoms with Crippen LogP contribution in [0, 0.1) is 0 Å². The SMILES string of the molecule is COc1ccc(CN(CC(C)O)C2CCCCC2)c(O)c1. The number of hydrogen-bond donors (Lipinski definition) is 2. The second-order valence-electron chi connectivity index (χ2n) is 6.06. The summed E-state index contributed by atoms with van der Waals surface area (Å²) in [6, 6.07) is 5.94. The van der Waals surface area contributed by atoms with Crippen LogP contribution in [0.25, 0.3) is 0 Å². The maximum Gasteiger partial charge on any atom is 0.123 e. The van der Waals surface area contributed by atoms with Crippen LogP contribution in [0.15, 0.2) is 18.2 Å². The van der Waals surface area contributed by atoms with Gasteiger partial charge in [0.05, 0.1) is 13.2 Å². The number of hydrogen-bond acceptors (Lipinski definition) is 4. The van der Waals surface area contributed by atoms with E-state index >= 15 is 0 Å². The fourth-order valence-corrected chi connectivity index (χ4v) is 3.15. The lowest BCUT2D eigenvalue weighted by Gasteiger charge is -2.35. The summed E-state index contributed by atoms with van der Waals surface area (Å²) in [7, 11) is 1.59. The fourth-order valence-electron chi connectivity index (χ4n) is 3.15. The highest BCUT2D eigenvalue weighted by Crippen LogP contribution is 2.28. The molecule has 0 saturated heterocycles. The maximum atomic E-state index is 10.1. The molecule has 1 fully saturated rings. The Morgan fingerprint density at radius 3 is 2.57 bits per heavy atom. The summed E-state index contributed by atoms with van der Waals surface area (Å²) < 4.78 is 5.12. The van der Waals surface area contributed by atoms with Crippen molar-refractivity contribution in [2.45, 2.75) is 57.7 Å². The van der Waals surface area contributed by atoms with Gasteiger partial charge in [-0.15, -0.1) is 0 Å². The van der Waals surface area contributed by atoms with Crippen molar-refractivity contribution in [2.24, 2.45) is 0 Å². The van der Waals surface area contributed by atoms with Crippen LogP contribution in [0.4, 0.5) is 0 Å². The minimum Gasteiger partial charge on any atom is -0.507 e. The molecular formula is C17H27NO3. The maximum absolute atomic E-state index is 10.1. The fraction of sp³-hybridized carbons (Fsp3) is 0.647. The molecule has 1 saturated carbocycles. The third-order valence-corrected chi connectivity index (χ3v) is 4.26. The Balaban J connectivity index is 2.10. The van der Waals surface area contributed by atoms with Crippen LogP contribution in [0.5, 0.6) is 11.5 Å². The van der Waals surface area contributed by atoms with E-state index in [9.17, 15) is 10.2 Å². The van der Waals surface area contributed by atoms with Gasteiger partial charge in [-0.05, 0) is 25.8 Å². The molecule has 1 aliphatic rings. The Labute approximate surface area is 127 Å². The van der Waals surface area contributed by atoms with E-state index in [1.165, 1.54) is 32.1 Å². The molecule has 0 aliphatic heterocycles. The van der Waals surface area contributed by atoms with Gasteiger partial charge < -0.3 is 14.9 Å². The number of phenols is 1. The highest BCUT2D eigenvalue weighted by atomic mass is 16.5. The molecule has 1 aliphatic carbocycles. The van der Waals surface area contributed by atoms with Crippen molar-refractivity contribution in [1.82, 2.24) is 4.90 Å². The third kappa shape index (κ3) is 4.61. The molecule has 4 nitrogen and oxygen atoms in total. The van der Waals surface area contributed by atoms with E-state index in [2.05, 4.69) is 4.90 Å². The topological polar surface area (TPSA) is 52.9 Å². The van der Waals surface area contributed by atoms with Gasteiger partial charge in [-0.1, -0.05) is 25.3 Å². The first-order chi connectivity index (χ1) is 10.1. The first-order valence-corrected chi connectivity index (χ1v) is 7.88. The molecule has 0 spiro atoms. The average molecular weight is 293 g/mol. The summed E-state index contributed by atoms with van der Waals surface area (Å²) in [5.74, 6) is 0.928. The first kappa shape index (κ1) is 16.1. The van der Waals surface area contributed by atoms with Crippen molar-refractivity contribution in [3.8, 4) is 11.5 Å². The Bertz CT molecular complexity index is 442. The number of aromatic hydroxyl groups is 1. The highest BCUT2D eigenvalue weighted by Gasteiger charge is 2.23. The van der Waals surface area contributed by atoms with Gasteiger partial charge in [0, 0.05) is 30.8 Å². The standard InChI is InChI=1S/C17H27NO3/c1-13(19)11-18(15-6-4-3-5-7-15)12-14-8-9-16(21-2)10-17(14)20/h8-10,13,15,19-20H,3-7,11-12H2,1-2H3. The summed E-state index contributed by atoms with van der Waals surface area (Å²) in [5.41, 5.74) is 0.891. The van der Waals surface area contributed by atoms with Crippen LogP contribution in [-0.2, 0) is 6.54 Å². The van der Waals surface area contributed by atoms with Gasteiger partial charge in [-0.3, -0.25) is 4.90 Å². The van der Waals surface area contributed by atoms with E-state index in [1.54, 1.807) is 13.2 Å². The molecule has 1 unspecified atom stereocenters. The second-order valence-corrected chi connectivity index (χ2v) is 6.06. The number of aliphatic hydroxyl groups excluding tert-OH is 1. The van der Waals surface area contributed by atoms with Gasteiger partial charge in [0.15, 0.2) is 0 Å². The molecule has 1 atom stereocenters. The summed E-state index contributed by atoms with van der Waals surface area (Å²) in [4.78, 5) is 2.31. The van der Waals surface area contributed by atoms with Gasteiger partial charge in [-0.2, -0.15) is 0 Å². The minimum absolute atomic E-state index is 0.265. The zero-order chi connectivity index (χ0) is 15.2. The highest BCUT2D eigenvalue weighted by molar-refractivity contribution is 5.39. The molecule has 1 aromatic carbocycles. The van der Waals surface area contributed by atoms with Crippen molar-refractivity contribution in [3.63, 3.8) is 0 Å². The van der Waals surface area contributed by atoms with Crippen molar-refractivity contribution in [1.29, 1.82) is 0 Å². The molecular weight excluding hydrogens is 266 g/mol. The molecule has 0 bridgehead atoms. The van der Waals surface area contributed by atoms with Crippen LogP contribution < -0.4 is 4.74 Å². The van der Waals surface area contributed by atoms with Crippen LogP contribution in [0.3, 0.4) is 0 Å². The monoisotopic (exact) mass is 293 g/mol. The first-order valence-electron chi connectivity index (χ1n) is 7.88. The van der Waals surface area contributed by atoms with Gasteiger partial charge >= 0.3 is 0 Å². The lowest BCUT2D eigenvalue weighted by molar-refractivity contribution is 0.0763. The predicted octanol–water partition coefficient (Wildman–Crippen LogP) is 2.92. The van der Waals surface area contributed by atoms with Crippen molar-refractivity contribution < 1.29 is 14.9 Å². The number of methoxy groups -OCH3 is 1. The van der Waals surface area contributed by atoms with Gasteiger partial charge in [-0.25, -0.2) is 0 Å². The van der Waals surface area contributed by atoms with E-state index in [0.717, 1.165) is 5.56 Å². The number of rotatable bonds is 6. The van der Waals surface area contributed by atoms with E-state index in [0.29, 0.717) is 24.9 Å². The quantitative estimate of drug-likeness (QED) is 0.847. The molecule has 0 aromatic heterocycles. The average Bonchev–Trinajstić information content (AvgIpc) is 2.49. The minimum atomic E-state index is -0.354. The lowest BCUT2D eigenvalue weighted by Crippen LogP contribution is -2.40. The third-order valence-electron chi connectivity index (χ3n) is 4.26. The Morgan fingerprint density at radius 1 is 1.29 bits per heavy atom. The van der Waals surface area contributed by atoms with E-state index in [1.807, 2.05) is 19.1 Å². The second kappa shape index (κ2) is 7.66. The van der Waals surface area contributed by atoms with Gasteiger partial charge in [0.2, 0.25) is 0 Å². The zero-order valence-electron chi connectivity index (χ0n) is 13.1. The van der Waals surface area contributed by atoms with Crippen molar-refractivity contribution >= 4 is 0 Å². The van der Waals surface area contributed by atoms with E-state index in [-0.39, 0.29) is 11.9 Å². The Hall–Kier alpha value is -1.26. The molecule has 2 rings (SSSR count). The normalized spacial score (nSPS) is 17.9. The molecule has 21 heavy (non-hydrogen) atoms. The number of benzene rings is 1. The molecule has 4 heteroatoms. The van der Waals surface area contributed by atoms with Crippen LogP contribution >= 0.6 is 0 Å². The van der Waals surface area contributed by atoms with Crippen LogP contribution in [0.1, 0.15) is 44.6 Å². The van der Waals surface area contributed by atoms with E-state index in [4.69, 9.17) is 4.74 Å². The summed E-state index contributed by atoms with van der Waals surface area (Å²) >= 11 is 0. The number of phenolic OH excluding ortho intramolecular Hbond substituents is 1. The predicted molar refractivity (Wildman–Crippen MR) is 83.6 cm³/mol.